The zero-order valence-corrected chi connectivity index (χ0v) is 44.9. The van der Waals surface area contributed by atoms with Gasteiger partial charge in [0, 0.05) is 38.5 Å². The van der Waals surface area contributed by atoms with Gasteiger partial charge < -0.3 is 37.7 Å². The predicted octanol–water partition coefficient (Wildman–Crippen LogP) is 12.0. The van der Waals surface area contributed by atoms with Gasteiger partial charge in [0.15, 0.2) is 0 Å². The van der Waals surface area contributed by atoms with Crippen molar-refractivity contribution >= 4 is 134 Å². The third-order valence-electron chi connectivity index (χ3n) is 14.2. The molecular weight excluding hydrogens is 972 g/mol. The van der Waals surface area contributed by atoms with Crippen molar-refractivity contribution < 1.29 is 37.7 Å². The van der Waals surface area contributed by atoms with Crippen LogP contribution in [-0.4, -0.2) is 78.5 Å². The fourth-order valence-corrected chi connectivity index (χ4v) is 9.96. The molecule has 0 spiro atoms. The van der Waals surface area contributed by atoms with Crippen LogP contribution in [0.5, 0.6) is 0 Å². The molecule has 0 amide bonds. The van der Waals surface area contributed by atoms with Crippen LogP contribution >= 0.6 is 54.5 Å². The molecule has 64 heavy (non-hydrogen) atoms. The molecule has 0 unspecified atom stereocenters. The van der Waals surface area contributed by atoms with Crippen molar-refractivity contribution in [1.82, 2.24) is 0 Å². The van der Waals surface area contributed by atoms with E-state index in [1.165, 1.54) is 47.7 Å². The van der Waals surface area contributed by atoms with Crippen molar-refractivity contribution in [2.45, 2.75) is 156 Å². The van der Waals surface area contributed by atoms with Gasteiger partial charge in [-0.15, -0.1) is 22.7 Å². The number of halogens is 2. The lowest BCUT2D eigenvalue weighted by Gasteiger charge is -2.37. The highest BCUT2D eigenvalue weighted by Crippen LogP contribution is 2.41. The quantitative estimate of drug-likeness (QED) is 0.165. The molecule has 4 aromatic carbocycles. The lowest BCUT2D eigenvalue weighted by molar-refractivity contribution is -0.0894. The number of fused-ring (bicyclic) bond motifs is 6. The van der Waals surface area contributed by atoms with Gasteiger partial charge in [0.2, 0.25) is 0 Å². The summed E-state index contributed by atoms with van der Waals surface area (Å²) in [4.78, 5) is 0. The minimum Gasteiger partial charge on any atom is -0.435 e. The van der Waals surface area contributed by atoms with Gasteiger partial charge in [0.05, 0.1) is 44.8 Å². The van der Waals surface area contributed by atoms with E-state index in [9.17, 15) is 5.11 Å². The Morgan fingerprint density at radius 1 is 0.484 bits per heavy atom. The summed E-state index contributed by atoms with van der Waals surface area (Å²) in [5, 5.41) is 15.1. The van der Waals surface area contributed by atoms with Crippen LogP contribution in [0.4, 0.5) is 0 Å². The number of hydrogen-bond donors (Lipinski definition) is 1. The summed E-state index contributed by atoms with van der Waals surface area (Å²) in [6, 6.07) is 25.9. The topological polar surface area (TPSA) is 84.8 Å². The second-order valence-electron chi connectivity index (χ2n) is 21.1. The maximum Gasteiger partial charge on any atom is 0.494 e. The molecule has 5 heterocycles. The van der Waals surface area contributed by atoms with E-state index >= 15 is 0 Å². The Hall–Kier alpha value is -1.78. The normalized spacial score (nSPS) is 20.8. The zero-order valence-electron chi connectivity index (χ0n) is 40.1. The predicted molar refractivity (Wildman–Crippen MR) is 279 cm³/mol. The van der Waals surface area contributed by atoms with Crippen molar-refractivity contribution in [1.29, 1.82) is 0 Å². The molecule has 0 atom stereocenters. The van der Waals surface area contributed by atoms with Crippen LogP contribution in [0.25, 0.3) is 40.3 Å². The van der Waals surface area contributed by atoms with Crippen molar-refractivity contribution in [3.63, 3.8) is 0 Å². The number of aliphatic hydroxyl groups is 1. The Morgan fingerprint density at radius 2 is 0.781 bits per heavy atom. The smallest absolute Gasteiger partial charge is 0.435 e. The molecule has 339 valence electrons. The van der Waals surface area contributed by atoms with Crippen LogP contribution in [0.2, 0.25) is 0 Å². The van der Waals surface area contributed by atoms with Gasteiger partial charge in [0.25, 0.3) is 0 Å². The maximum atomic E-state index is 10.00. The molecule has 1 N–H and O–H groups in total. The summed E-state index contributed by atoms with van der Waals surface area (Å²) in [7, 11) is 0.275. The zero-order chi connectivity index (χ0) is 47.2. The maximum absolute atomic E-state index is 10.00. The first-order chi connectivity index (χ1) is 29.3. The third kappa shape index (κ3) is 9.88. The second-order valence-corrected chi connectivity index (χ2v) is 25.1. The number of benzene rings is 4. The van der Waals surface area contributed by atoms with Crippen LogP contribution in [0.15, 0.2) is 81.7 Å². The molecule has 16 heteroatoms. The molecule has 3 saturated heterocycles. The fraction of sp³-hybridized carbons (Fsp3) is 0.500. The largest absolute Gasteiger partial charge is 0.494 e. The lowest BCUT2D eigenvalue weighted by atomic mass is 9.55. The monoisotopic (exact) mass is 1030 g/mol. The Bertz CT molecular complexity index is 2490. The Labute approximate surface area is 406 Å². The first-order valence-electron chi connectivity index (χ1n) is 21.9. The third-order valence-corrected chi connectivity index (χ3v) is 17.5. The van der Waals surface area contributed by atoms with Gasteiger partial charge in [0.1, 0.15) is 0 Å². The fourth-order valence-electron chi connectivity index (χ4n) is 7.10. The second kappa shape index (κ2) is 17.3. The van der Waals surface area contributed by atoms with E-state index in [1.807, 2.05) is 52.9 Å². The standard InChI is InChI=1S/C24H30B2O4S.C12H25B2O4.C12H6Br2S/c1-21(2)22(3,4)28-25(27-21)15-9-11-19-17(13-15)18-14-16(10-12-20(18)31-19)26-29-23(5,6)24(7,8)30-26;1-9(2,15)10(3,4)16-13-14-17-11(5,6)12(7,8)18-14;13-7-1-3-11-9(5-7)10-6-8(14)2-4-12(10)15-11/h9-14H,1-8H3;15H,1-8H3;1-6H. The summed E-state index contributed by atoms with van der Waals surface area (Å²) < 4.78 is 49.8. The molecule has 0 bridgehead atoms. The van der Waals surface area contributed by atoms with E-state index in [0.29, 0.717) is 0 Å². The molecule has 8 nitrogen and oxygen atoms in total. The minimum atomic E-state index is -0.951. The molecule has 3 aliphatic heterocycles. The highest BCUT2D eigenvalue weighted by molar-refractivity contribution is 9.10. The molecule has 9 rings (SSSR count). The van der Waals surface area contributed by atoms with Gasteiger partial charge in [-0.25, -0.2) is 0 Å². The van der Waals surface area contributed by atoms with E-state index in [1.54, 1.807) is 25.2 Å². The van der Waals surface area contributed by atoms with Gasteiger partial charge >= 0.3 is 28.6 Å². The average molecular weight is 1030 g/mol. The summed E-state index contributed by atoms with van der Waals surface area (Å²) in [5.74, 6) is 0. The molecule has 0 saturated carbocycles. The lowest BCUT2D eigenvalue weighted by Crippen LogP contribution is -2.50. The highest BCUT2D eigenvalue weighted by atomic mass is 79.9. The number of hydrogen-bond acceptors (Lipinski definition) is 10. The van der Waals surface area contributed by atoms with Crippen molar-refractivity contribution in [2.24, 2.45) is 0 Å². The first-order valence-corrected chi connectivity index (χ1v) is 25.1. The molecule has 1 radical (unpaired) electrons. The highest BCUT2D eigenvalue weighted by Gasteiger charge is 2.54. The van der Waals surface area contributed by atoms with Gasteiger partial charge in [-0.05, 0) is 181 Å². The van der Waals surface area contributed by atoms with Gasteiger partial charge in [-0.1, -0.05) is 56.1 Å². The van der Waals surface area contributed by atoms with E-state index in [-0.39, 0.29) is 47.8 Å². The summed E-state index contributed by atoms with van der Waals surface area (Å²) in [6.07, 6.45) is 0. The van der Waals surface area contributed by atoms with E-state index in [4.69, 9.17) is 32.6 Å². The van der Waals surface area contributed by atoms with E-state index < -0.39 is 18.2 Å². The van der Waals surface area contributed by atoms with Crippen molar-refractivity contribution in [3.8, 4) is 0 Å². The van der Waals surface area contributed by atoms with Crippen molar-refractivity contribution in [2.75, 3.05) is 0 Å². The summed E-state index contributed by atoms with van der Waals surface area (Å²) in [5.41, 5.74) is -1.74. The van der Waals surface area contributed by atoms with Gasteiger partial charge in [-0.3, -0.25) is 0 Å². The van der Waals surface area contributed by atoms with Gasteiger partial charge in [-0.2, -0.15) is 0 Å². The molecular formula is C48H61B4Br2O8S2. The molecule has 2 aromatic heterocycles. The van der Waals surface area contributed by atoms with Crippen molar-refractivity contribution in [3.05, 3.63) is 81.7 Å². The molecule has 3 aliphatic rings. The Balaban J connectivity index is 0.000000157. The molecule has 3 fully saturated rings. The minimum absolute atomic E-state index is 0.354. The average Bonchev–Trinajstić information content (AvgIpc) is 3.89. The Kier molecular flexibility index (Phi) is 13.6. The summed E-state index contributed by atoms with van der Waals surface area (Å²) in [6.45, 7) is 31.7. The SMILES string of the molecule is Brc1ccc2sc3ccc(Br)cc3c2c1.CC(C)(O)C(C)(C)O[B]B1OC(C)(C)C(C)(C)O1.CC1(C)OB(c2ccc3sc4ccc(B5OC(C)(C)C(C)(C)O5)cc4c3c2)OC1(C)C. The number of thiophene rings is 2. The van der Waals surface area contributed by atoms with Crippen LogP contribution in [0.3, 0.4) is 0 Å². The van der Waals surface area contributed by atoms with Crippen LogP contribution < -0.4 is 10.9 Å². The van der Waals surface area contributed by atoms with Crippen LogP contribution in [0, 0.1) is 0 Å². The Morgan fingerprint density at radius 3 is 1.11 bits per heavy atom. The number of rotatable bonds is 6. The van der Waals surface area contributed by atoms with Crippen LogP contribution in [-0.2, 0) is 32.6 Å². The first kappa shape index (κ1) is 50.1. The molecule has 0 aliphatic carbocycles. The van der Waals surface area contributed by atoms with E-state index in [0.717, 1.165) is 19.9 Å². The molecule has 6 aromatic rings. The summed E-state index contributed by atoms with van der Waals surface area (Å²) >= 11 is 10.7. The van der Waals surface area contributed by atoms with E-state index in [2.05, 4.69) is 160 Å². The van der Waals surface area contributed by atoms with Crippen LogP contribution in [0.1, 0.15) is 111 Å².